The van der Waals surface area contributed by atoms with Crippen LogP contribution in [-0.4, -0.2) is 0 Å². The Morgan fingerprint density at radius 2 is 0.192 bits per heavy atom. The van der Waals surface area contributed by atoms with Crippen molar-refractivity contribution in [1.29, 1.82) is 0 Å². The van der Waals surface area contributed by atoms with Crippen LogP contribution in [0.25, 0.3) is 205 Å². The van der Waals surface area contributed by atoms with E-state index in [0.29, 0.717) is 0 Å². The standard InChI is InChI=1S/C78H40/c1-3-17-43-41(15-1)49-23-9-29-55-63-35-61-47-21-7-8-22-48(47)62-36-64-56-30-10-24-50-42-16-2-4-18-44(42)52-26-12-32-58(76(52)74(50)56)66(64)38-70(62)72-40-68-60-34-14-28-54-46-20-6-5-19-45(46)53-27-13-33-59(77(53)78(54)60)67(68)39-71(72)69(61)37-65(63)57-31-11-25-51(43)75(57)73(49)55/h1-40H. The van der Waals surface area contributed by atoms with E-state index in [-0.39, 0.29) is 0 Å². The maximum atomic E-state index is 2.60. The summed E-state index contributed by atoms with van der Waals surface area (Å²) in [5, 5.41) is 49.4. The molecule has 0 atom stereocenters. The molecule has 0 heteroatoms. The average Bonchev–Trinajstić information content (AvgIpc) is 3.70. The summed E-state index contributed by atoms with van der Waals surface area (Å²) in [5.74, 6) is 0. The third-order valence-electron chi connectivity index (χ3n) is 19.0. The Labute approximate surface area is 444 Å². The molecular weight excluding hydrogens is 937 g/mol. The highest BCUT2D eigenvalue weighted by atomic mass is 14.3. The molecule has 0 aliphatic heterocycles. The number of hydrogen-bond acceptors (Lipinski definition) is 0. The van der Waals surface area contributed by atoms with E-state index in [1.54, 1.807) is 0 Å². The fourth-order valence-corrected chi connectivity index (χ4v) is 15.9. The smallest absolute Gasteiger partial charge is 0.00139 e. The van der Waals surface area contributed by atoms with Gasteiger partial charge in [0.25, 0.3) is 0 Å². The summed E-state index contributed by atoms with van der Waals surface area (Å²) >= 11 is 0. The highest BCUT2D eigenvalue weighted by Gasteiger charge is 2.23. The lowest BCUT2D eigenvalue weighted by molar-refractivity contribution is 1.79. The predicted molar refractivity (Wildman–Crippen MR) is 341 cm³/mol. The summed E-state index contributed by atoms with van der Waals surface area (Å²) in [6, 6.07) is 93.9. The van der Waals surface area contributed by atoms with Gasteiger partial charge in [-0.15, -0.1) is 0 Å². The lowest BCUT2D eigenvalue weighted by Crippen LogP contribution is -1.92. The predicted octanol–water partition coefficient (Wildman–Crippen LogP) is 22.5. The topological polar surface area (TPSA) is 0 Å². The molecule has 0 saturated carbocycles. The molecule has 0 aliphatic rings. The Hall–Kier alpha value is -10.1. The third-order valence-corrected chi connectivity index (χ3v) is 19.0. The van der Waals surface area contributed by atoms with E-state index in [2.05, 4.69) is 243 Å². The summed E-state index contributed by atoms with van der Waals surface area (Å²) in [5.41, 5.74) is 0. The van der Waals surface area contributed by atoms with Gasteiger partial charge < -0.3 is 0 Å². The zero-order valence-electron chi connectivity index (χ0n) is 42.1. The molecule has 0 nitrogen and oxygen atoms in total. The van der Waals surface area contributed by atoms with Crippen LogP contribution in [-0.2, 0) is 0 Å². The normalized spacial score (nSPS) is 12.9. The maximum absolute atomic E-state index is 2.60. The summed E-state index contributed by atoms with van der Waals surface area (Å²) < 4.78 is 0. The van der Waals surface area contributed by atoms with Gasteiger partial charge in [-0.1, -0.05) is 206 Å². The van der Waals surface area contributed by atoms with Gasteiger partial charge in [-0.2, -0.15) is 0 Å². The van der Waals surface area contributed by atoms with Gasteiger partial charge in [-0.3, -0.25) is 0 Å². The quantitative estimate of drug-likeness (QED) is 0.105. The molecule has 0 radical (unpaired) electrons. The van der Waals surface area contributed by atoms with Crippen molar-refractivity contribution >= 4 is 205 Å². The van der Waals surface area contributed by atoms with E-state index >= 15 is 0 Å². The summed E-state index contributed by atoms with van der Waals surface area (Å²) in [7, 11) is 0. The molecular formula is C78H40. The van der Waals surface area contributed by atoms with Gasteiger partial charge in [-0.05, 0) is 241 Å². The van der Waals surface area contributed by atoms with Crippen LogP contribution in [0.15, 0.2) is 243 Å². The molecule has 78 heavy (non-hydrogen) atoms. The van der Waals surface area contributed by atoms with Crippen LogP contribution in [0, 0.1) is 0 Å². The number of hydrogen-bond donors (Lipinski definition) is 0. The highest BCUT2D eigenvalue weighted by molar-refractivity contribution is 6.46. The van der Waals surface area contributed by atoms with Crippen LogP contribution in [0.1, 0.15) is 0 Å². The van der Waals surface area contributed by atoms with Crippen molar-refractivity contribution in [1.82, 2.24) is 0 Å². The van der Waals surface area contributed by atoms with Crippen LogP contribution in [0.3, 0.4) is 0 Å². The lowest BCUT2D eigenvalue weighted by Gasteiger charge is -2.20. The molecule has 0 unspecified atom stereocenters. The van der Waals surface area contributed by atoms with Crippen molar-refractivity contribution in [2.45, 2.75) is 0 Å². The van der Waals surface area contributed by atoms with Crippen LogP contribution < -0.4 is 0 Å². The third kappa shape index (κ3) is 4.74. The Balaban J connectivity index is 1.08. The largest absolute Gasteiger partial charge is 0.0616 e. The molecule has 0 spiro atoms. The summed E-state index contributed by atoms with van der Waals surface area (Å²) in [6.07, 6.45) is 0. The first-order chi connectivity index (χ1) is 38.7. The fourth-order valence-electron chi connectivity index (χ4n) is 15.9. The first-order valence-corrected chi connectivity index (χ1v) is 27.5. The summed E-state index contributed by atoms with van der Waals surface area (Å²) in [4.78, 5) is 0. The van der Waals surface area contributed by atoms with Crippen LogP contribution in [0.5, 0.6) is 0 Å². The minimum Gasteiger partial charge on any atom is -0.0616 e. The van der Waals surface area contributed by atoms with Gasteiger partial charge in [0.1, 0.15) is 0 Å². The Morgan fingerprint density at radius 1 is 0.0897 bits per heavy atom. The minimum absolute atomic E-state index is 1.25. The lowest BCUT2D eigenvalue weighted by atomic mass is 9.82. The molecule has 0 aliphatic carbocycles. The second kappa shape index (κ2) is 14.0. The van der Waals surface area contributed by atoms with Crippen molar-refractivity contribution in [3.63, 3.8) is 0 Å². The molecule has 20 rings (SSSR count). The van der Waals surface area contributed by atoms with Gasteiger partial charge in [-0.25, -0.2) is 0 Å². The second-order valence-corrected chi connectivity index (χ2v) is 22.4. The molecule has 20 aromatic carbocycles. The van der Waals surface area contributed by atoms with Crippen molar-refractivity contribution in [3.8, 4) is 0 Å². The van der Waals surface area contributed by atoms with E-state index in [1.165, 1.54) is 205 Å². The Morgan fingerprint density at radius 3 is 0.359 bits per heavy atom. The van der Waals surface area contributed by atoms with E-state index in [1.807, 2.05) is 0 Å². The van der Waals surface area contributed by atoms with Crippen molar-refractivity contribution < 1.29 is 0 Å². The molecule has 0 N–H and O–H groups in total. The van der Waals surface area contributed by atoms with Gasteiger partial charge in [0, 0.05) is 0 Å². The van der Waals surface area contributed by atoms with Crippen LogP contribution in [0.4, 0.5) is 0 Å². The molecule has 0 aromatic heterocycles. The molecule has 0 heterocycles. The van der Waals surface area contributed by atoms with E-state index in [9.17, 15) is 0 Å². The van der Waals surface area contributed by atoms with Crippen molar-refractivity contribution in [3.05, 3.63) is 243 Å². The van der Waals surface area contributed by atoms with E-state index in [4.69, 9.17) is 0 Å². The van der Waals surface area contributed by atoms with Gasteiger partial charge in [0.2, 0.25) is 0 Å². The highest BCUT2D eigenvalue weighted by Crippen LogP contribution is 2.52. The molecule has 0 fully saturated rings. The molecule has 20 aromatic rings. The molecule has 352 valence electrons. The van der Waals surface area contributed by atoms with E-state index < -0.39 is 0 Å². The zero-order chi connectivity index (χ0) is 50.2. The monoisotopic (exact) mass is 976 g/mol. The molecule has 0 amide bonds. The first kappa shape index (κ1) is 40.2. The number of benzene rings is 19. The van der Waals surface area contributed by atoms with Gasteiger partial charge >= 0.3 is 0 Å². The Bertz CT molecular complexity index is 5840. The second-order valence-electron chi connectivity index (χ2n) is 22.4. The zero-order valence-corrected chi connectivity index (χ0v) is 42.1. The molecule has 0 saturated heterocycles. The average molecular weight is 977 g/mol. The minimum atomic E-state index is 1.25. The fraction of sp³-hybridized carbons (Fsp3) is 0. The SMILES string of the molecule is c1ccc2c(c1)c1cc3c(cc1c1cc4c(cc1c1cc5c(cc21)c1cccc2c6ccccc6c6cccc5c6c21)c1cccc2c5ccccc5c5cccc4c5c21)c1cccc2c4ccccc4c4cccc3c4c21. The Kier molecular flexibility index (Phi) is 7.22. The number of fused-ring (bicyclic) bond motifs is 26. The summed E-state index contributed by atoms with van der Waals surface area (Å²) in [6.45, 7) is 0. The van der Waals surface area contributed by atoms with Crippen molar-refractivity contribution in [2.75, 3.05) is 0 Å². The molecule has 0 bridgehead atoms. The van der Waals surface area contributed by atoms with Crippen molar-refractivity contribution in [2.24, 2.45) is 0 Å². The van der Waals surface area contributed by atoms with Crippen LogP contribution >= 0.6 is 0 Å². The van der Waals surface area contributed by atoms with Gasteiger partial charge in [0.05, 0.1) is 0 Å². The maximum Gasteiger partial charge on any atom is -0.00139 e. The van der Waals surface area contributed by atoms with Gasteiger partial charge in [0.15, 0.2) is 0 Å². The number of rotatable bonds is 0. The van der Waals surface area contributed by atoms with E-state index in [0.717, 1.165) is 0 Å². The van der Waals surface area contributed by atoms with Crippen LogP contribution in [0.2, 0.25) is 0 Å². The first-order valence-electron chi connectivity index (χ1n) is 27.5.